The number of carboxylic acid groups (broad SMARTS) is 1. The van der Waals surface area contributed by atoms with Crippen molar-refractivity contribution in [3.63, 3.8) is 0 Å². The number of benzene rings is 1. The van der Waals surface area contributed by atoms with Gasteiger partial charge in [0.1, 0.15) is 0 Å². The normalized spacial score (nSPS) is 11.1. The van der Waals surface area contributed by atoms with Gasteiger partial charge in [0.05, 0.1) is 11.3 Å². The maximum atomic E-state index is 10.6. The number of hydrogen-bond donors (Lipinski definition) is 2. The summed E-state index contributed by atoms with van der Waals surface area (Å²) in [5.41, 5.74) is -0.0664. The van der Waals surface area contributed by atoms with Gasteiger partial charge >= 0.3 is 16.3 Å². The Morgan fingerprint density at radius 3 is 2.07 bits per heavy atom. The lowest BCUT2D eigenvalue weighted by Crippen LogP contribution is -2.19. The van der Waals surface area contributed by atoms with Crippen molar-refractivity contribution < 1.29 is 22.9 Å². The molecule has 0 saturated heterocycles. The minimum Gasteiger partial charge on any atom is -0.478 e. The number of aromatic carboxylic acids is 1. The van der Waals surface area contributed by atoms with Crippen molar-refractivity contribution in [3.05, 3.63) is 29.8 Å². The van der Waals surface area contributed by atoms with E-state index in [0.717, 1.165) is 24.3 Å². The fraction of sp³-hybridized carbons (Fsp3) is 0. The minimum atomic E-state index is -4.54. The van der Waals surface area contributed by atoms with E-state index in [4.69, 9.17) is 21.4 Å². The van der Waals surface area contributed by atoms with Crippen molar-refractivity contribution in [2.24, 2.45) is 0 Å². The zero-order chi connectivity index (χ0) is 11.6. The van der Waals surface area contributed by atoms with Gasteiger partial charge in [0.15, 0.2) is 0 Å². The minimum absolute atomic E-state index is 0.0147. The first-order valence-electron chi connectivity index (χ1n) is 3.59. The average Bonchev–Trinajstić information content (AvgIpc) is 2.15. The zero-order valence-electron chi connectivity index (χ0n) is 7.16. The SMILES string of the molecule is O=C(O)c1ccc(N(Cl)S(=O)(=O)O)cc1. The van der Waals surface area contributed by atoms with E-state index in [-0.39, 0.29) is 15.1 Å². The van der Waals surface area contributed by atoms with E-state index in [1.54, 1.807) is 0 Å². The molecule has 0 aliphatic rings. The van der Waals surface area contributed by atoms with Crippen LogP contribution in [0, 0.1) is 0 Å². The van der Waals surface area contributed by atoms with Crippen LogP contribution in [0.1, 0.15) is 10.4 Å². The van der Waals surface area contributed by atoms with Crippen LogP contribution < -0.4 is 3.82 Å². The van der Waals surface area contributed by atoms with E-state index in [0.29, 0.717) is 0 Å². The quantitative estimate of drug-likeness (QED) is 0.621. The lowest BCUT2D eigenvalue weighted by atomic mass is 10.2. The molecule has 0 saturated carbocycles. The highest BCUT2D eigenvalue weighted by Crippen LogP contribution is 2.19. The molecular formula is C7H6ClNO5S. The van der Waals surface area contributed by atoms with Crippen molar-refractivity contribution >= 4 is 33.7 Å². The van der Waals surface area contributed by atoms with Crippen LogP contribution in [0.15, 0.2) is 24.3 Å². The summed E-state index contributed by atoms with van der Waals surface area (Å²) in [4.78, 5) is 10.5. The molecule has 0 bridgehead atoms. The molecule has 0 radical (unpaired) electrons. The molecule has 0 aromatic heterocycles. The lowest BCUT2D eigenvalue weighted by molar-refractivity contribution is 0.0697. The van der Waals surface area contributed by atoms with Gasteiger partial charge in [0.25, 0.3) is 0 Å². The van der Waals surface area contributed by atoms with Crippen LogP contribution in [-0.2, 0) is 10.3 Å². The van der Waals surface area contributed by atoms with Crippen molar-refractivity contribution in [3.8, 4) is 0 Å². The fourth-order valence-electron chi connectivity index (χ4n) is 0.854. The molecule has 1 aromatic carbocycles. The molecule has 0 amide bonds. The average molecular weight is 252 g/mol. The second-order valence-corrected chi connectivity index (χ2v) is 4.34. The van der Waals surface area contributed by atoms with Gasteiger partial charge < -0.3 is 5.11 Å². The Morgan fingerprint density at radius 2 is 1.73 bits per heavy atom. The standard InChI is InChI=1S/C7H6ClNO5S/c8-9(15(12,13)14)6-3-1-5(2-4-6)7(10)11/h1-4H,(H,10,11)(H,12,13,14). The van der Waals surface area contributed by atoms with Gasteiger partial charge in [-0.15, -0.1) is 0 Å². The van der Waals surface area contributed by atoms with Crippen LogP contribution in [0.25, 0.3) is 0 Å². The highest BCUT2D eigenvalue weighted by molar-refractivity contribution is 7.88. The third-order valence-electron chi connectivity index (χ3n) is 1.52. The van der Waals surface area contributed by atoms with E-state index in [2.05, 4.69) is 0 Å². The lowest BCUT2D eigenvalue weighted by Gasteiger charge is -2.10. The van der Waals surface area contributed by atoms with Crippen molar-refractivity contribution in [1.82, 2.24) is 0 Å². The van der Waals surface area contributed by atoms with Crippen LogP contribution in [0.4, 0.5) is 5.69 Å². The van der Waals surface area contributed by atoms with Gasteiger partial charge in [0, 0.05) is 11.8 Å². The molecule has 8 heteroatoms. The van der Waals surface area contributed by atoms with Crippen LogP contribution in [-0.4, -0.2) is 24.0 Å². The smallest absolute Gasteiger partial charge is 0.374 e. The second kappa shape index (κ2) is 4.05. The number of nitrogens with zero attached hydrogens (tertiary/aromatic N) is 1. The number of hydrogen-bond acceptors (Lipinski definition) is 3. The molecule has 0 aliphatic carbocycles. The molecule has 15 heavy (non-hydrogen) atoms. The monoisotopic (exact) mass is 251 g/mol. The number of rotatable bonds is 3. The Bertz CT molecular complexity index is 469. The van der Waals surface area contributed by atoms with Crippen LogP contribution in [0.2, 0.25) is 0 Å². The van der Waals surface area contributed by atoms with Crippen molar-refractivity contribution in [2.45, 2.75) is 0 Å². The Labute approximate surface area is 90.7 Å². The van der Waals surface area contributed by atoms with E-state index < -0.39 is 16.3 Å². The van der Waals surface area contributed by atoms with Gasteiger partial charge in [-0.1, -0.05) is 0 Å². The fourth-order valence-corrected chi connectivity index (χ4v) is 1.36. The number of carbonyl (C=O) groups is 1. The summed E-state index contributed by atoms with van der Waals surface area (Å²) >= 11 is 5.26. The third-order valence-corrected chi connectivity index (χ3v) is 2.85. The predicted octanol–water partition coefficient (Wildman–Crippen LogP) is 1.15. The van der Waals surface area contributed by atoms with Crippen molar-refractivity contribution in [2.75, 3.05) is 3.82 Å². The summed E-state index contributed by atoms with van der Waals surface area (Å²) in [6.45, 7) is 0. The van der Waals surface area contributed by atoms with E-state index in [9.17, 15) is 13.2 Å². The Balaban J connectivity index is 3.05. The van der Waals surface area contributed by atoms with Gasteiger partial charge in [-0.2, -0.15) is 12.2 Å². The maximum Gasteiger partial charge on any atom is 0.374 e. The zero-order valence-corrected chi connectivity index (χ0v) is 8.73. The highest BCUT2D eigenvalue weighted by Gasteiger charge is 2.17. The van der Waals surface area contributed by atoms with Crippen LogP contribution >= 0.6 is 11.8 Å². The molecule has 0 unspecified atom stereocenters. The van der Waals surface area contributed by atoms with Gasteiger partial charge in [0.2, 0.25) is 0 Å². The molecule has 0 fully saturated rings. The van der Waals surface area contributed by atoms with E-state index in [1.807, 2.05) is 0 Å². The first-order chi connectivity index (χ1) is 6.82. The Hall–Kier alpha value is -1.31. The van der Waals surface area contributed by atoms with Gasteiger partial charge in [-0.05, 0) is 24.3 Å². The van der Waals surface area contributed by atoms with Gasteiger partial charge in [-0.25, -0.2) is 4.79 Å². The molecule has 82 valence electrons. The predicted molar refractivity (Wildman–Crippen MR) is 53.3 cm³/mol. The molecule has 1 rings (SSSR count). The first-order valence-corrected chi connectivity index (χ1v) is 5.33. The summed E-state index contributed by atoms with van der Waals surface area (Å²) in [6, 6.07) is 4.64. The first kappa shape index (κ1) is 11.8. The van der Waals surface area contributed by atoms with Gasteiger partial charge in [-0.3, -0.25) is 4.55 Å². The van der Waals surface area contributed by atoms with E-state index in [1.165, 1.54) is 0 Å². The van der Waals surface area contributed by atoms with Crippen LogP contribution in [0.3, 0.4) is 0 Å². The number of anilines is 1. The topological polar surface area (TPSA) is 94.9 Å². The Morgan fingerprint density at radius 1 is 1.27 bits per heavy atom. The molecule has 0 spiro atoms. The summed E-state index contributed by atoms with van der Waals surface area (Å²) in [5.74, 6) is -1.14. The molecule has 0 atom stereocenters. The summed E-state index contributed by atoms with van der Waals surface area (Å²) < 4.78 is 29.8. The van der Waals surface area contributed by atoms with E-state index >= 15 is 0 Å². The second-order valence-electron chi connectivity index (χ2n) is 2.54. The molecule has 1 aromatic rings. The molecular weight excluding hydrogens is 246 g/mol. The third kappa shape index (κ3) is 2.82. The van der Waals surface area contributed by atoms with Crippen LogP contribution in [0.5, 0.6) is 0 Å². The molecule has 0 aliphatic heterocycles. The summed E-state index contributed by atoms with van der Waals surface area (Å²) in [7, 11) is -4.54. The van der Waals surface area contributed by atoms with Crippen molar-refractivity contribution in [1.29, 1.82) is 0 Å². The summed E-state index contributed by atoms with van der Waals surface area (Å²) in [5, 5.41) is 8.56. The maximum absolute atomic E-state index is 10.6. The Kier molecular flexibility index (Phi) is 3.18. The number of carboxylic acids is 1. The molecule has 0 heterocycles. The molecule has 6 nitrogen and oxygen atoms in total. The number of halogens is 1. The largest absolute Gasteiger partial charge is 0.478 e. The highest BCUT2D eigenvalue weighted by atomic mass is 35.5. The molecule has 2 N–H and O–H groups in total. The summed E-state index contributed by atoms with van der Waals surface area (Å²) in [6.07, 6.45) is 0.